The molecule has 2 aliphatic rings. The monoisotopic (exact) mass is 471 g/mol. The largest absolute Gasteiger partial charge is 0.443 e. The highest BCUT2D eigenvalue weighted by molar-refractivity contribution is 7.80. The molecule has 0 aromatic carbocycles. The summed E-state index contributed by atoms with van der Waals surface area (Å²) in [7, 11) is 0. The highest BCUT2D eigenvalue weighted by atomic mass is 32.2. The SMILES string of the molecule is C=O.NC(N)=NC(=O)OCc1ccnc(N2CCC(C3CCN(S(N)=O)CC3)CC2)c1F. The number of nitrogens with zero attached hydrogens (tertiary/aromatic N) is 4. The Morgan fingerprint density at radius 1 is 1.19 bits per heavy atom. The second-order valence-corrected chi connectivity index (χ2v) is 8.63. The number of hydrogen-bond donors (Lipinski definition) is 3. The van der Waals surface area contributed by atoms with Crippen molar-refractivity contribution >= 4 is 35.8 Å². The van der Waals surface area contributed by atoms with Gasteiger partial charge in [0.05, 0.1) is 0 Å². The van der Waals surface area contributed by atoms with Gasteiger partial charge in [0.25, 0.3) is 0 Å². The zero-order chi connectivity index (χ0) is 23.7. The van der Waals surface area contributed by atoms with Gasteiger partial charge in [-0.25, -0.2) is 27.8 Å². The third kappa shape index (κ3) is 6.93. The van der Waals surface area contributed by atoms with Crippen molar-refractivity contribution in [2.75, 3.05) is 31.1 Å². The molecule has 2 fully saturated rings. The van der Waals surface area contributed by atoms with Gasteiger partial charge in [0.1, 0.15) is 13.4 Å². The number of piperidine rings is 2. The number of nitrogens with two attached hydrogens (primary N) is 3. The molecule has 32 heavy (non-hydrogen) atoms. The van der Waals surface area contributed by atoms with E-state index in [1.165, 1.54) is 12.3 Å². The molecule has 1 aromatic rings. The van der Waals surface area contributed by atoms with Crippen molar-refractivity contribution < 1.29 is 22.9 Å². The van der Waals surface area contributed by atoms with Gasteiger partial charge in [-0.15, -0.1) is 4.99 Å². The molecule has 2 saturated heterocycles. The van der Waals surface area contributed by atoms with Crippen LogP contribution in [-0.2, 0) is 27.3 Å². The number of guanidine groups is 1. The van der Waals surface area contributed by atoms with Gasteiger partial charge in [0.15, 0.2) is 28.8 Å². The lowest BCUT2D eigenvalue weighted by Crippen LogP contribution is -2.43. The van der Waals surface area contributed by atoms with E-state index in [1.54, 1.807) is 4.31 Å². The molecule has 178 valence electrons. The molecule has 6 N–H and O–H groups in total. The number of aromatic nitrogens is 1. The second kappa shape index (κ2) is 12.4. The van der Waals surface area contributed by atoms with Crippen LogP contribution in [0.25, 0.3) is 0 Å². The smallest absolute Gasteiger partial charge is 0.437 e. The van der Waals surface area contributed by atoms with Gasteiger partial charge in [-0.1, -0.05) is 0 Å². The molecule has 0 radical (unpaired) electrons. The third-order valence-corrected chi connectivity index (χ3v) is 6.66. The Kier molecular flexibility index (Phi) is 9.94. The lowest BCUT2D eigenvalue weighted by molar-refractivity contribution is -0.0980. The van der Waals surface area contributed by atoms with Crippen molar-refractivity contribution in [1.82, 2.24) is 9.29 Å². The van der Waals surface area contributed by atoms with Crippen molar-refractivity contribution in [3.8, 4) is 0 Å². The predicted molar refractivity (Wildman–Crippen MR) is 119 cm³/mol. The summed E-state index contributed by atoms with van der Waals surface area (Å²) >= 11 is -1.39. The molecular weight excluding hydrogens is 441 g/mol. The van der Waals surface area contributed by atoms with E-state index < -0.39 is 29.0 Å². The highest BCUT2D eigenvalue weighted by Crippen LogP contribution is 2.34. The molecule has 1 amide bonds. The fourth-order valence-electron chi connectivity index (χ4n) is 4.19. The Balaban J connectivity index is 0.00000176. The highest BCUT2D eigenvalue weighted by Gasteiger charge is 2.31. The van der Waals surface area contributed by atoms with Gasteiger partial charge in [-0.2, -0.15) is 0 Å². The molecule has 3 heterocycles. The number of aliphatic imine (C=N–C) groups is 1. The van der Waals surface area contributed by atoms with Crippen molar-refractivity contribution in [3.63, 3.8) is 0 Å². The van der Waals surface area contributed by atoms with E-state index in [0.29, 0.717) is 24.9 Å². The van der Waals surface area contributed by atoms with E-state index in [9.17, 15) is 13.4 Å². The summed E-state index contributed by atoms with van der Waals surface area (Å²) < 4.78 is 33.0. The first-order valence-corrected chi connectivity index (χ1v) is 11.4. The first-order valence-electron chi connectivity index (χ1n) is 10.2. The minimum Gasteiger partial charge on any atom is -0.443 e. The zero-order valence-corrected chi connectivity index (χ0v) is 18.6. The number of ether oxygens (including phenoxy) is 1. The standard InChI is InChI=1S/C18H28FN7O3S.CH2O/c19-15-14(11-29-18(27)24-17(20)21)1-6-23-16(15)25-7-2-12(3-8-25)13-4-9-26(10-5-13)30(22)28;1-2/h1,6,12-13H,2-5,7-11,22H2,(H4,20,21,24,27);1H2. The van der Waals surface area contributed by atoms with Crippen LogP contribution < -0.4 is 21.5 Å². The van der Waals surface area contributed by atoms with Gasteiger partial charge in [-0.3, -0.25) is 0 Å². The molecule has 1 atom stereocenters. The summed E-state index contributed by atoms with van der Waals surface area (Å²) in [6.45, 7) is 4.63. The van der Waals surface area contributed by atoms with Crippen molar-refractivity contribution in [2.45, 2.75) is 32.3 Å². The second-order valence-electron chi connectivity index (χ2n) is 7.57. The van der Waals surface area contributed by atoms with Crippen LogP contribution in [-0.4, -0.2) is 58.5 Å². The Bertz CT molecular complexity index is 824. The summed E-state index contributed by atoms with van der Waals surface area (Å²) in [5, 5.41) is 5.46. The average molecular weight is 472 g/mol. The maximum atomic E-state index is 14.9. The van der Waals surface area contributed by atoms with Crippen LogP contribution in [0.2, 0.25) is 0 Å². The van der Waals surface area contributed by atoms with Gasteiger partial charge < -0.3 is 25.9 Å². The number of carbonyl (C=O) groups is 2. The Hall–Kier alpha value is -2.64. The van der Waals surface area contributed by atoms with E-state index in [1.807, 2.05) is 11.7 Å². The number of rotatable bonds is 5. The van der Waals surface area contributed by atoms with Crippen LogP contribution in [0.15, 0.2) is 17.3 Å². The average Bonchev–Trinajstić information content (AvgIpc) is 2.79. The fourth-order valence-corrected chi connectivity index (χ4v) is 4.76. The molecule has 2 aliphatic heterocycles. The van der Waals surface area contributed by atoms with Gasteiger partial charge in [-0.05, 0) is 43.6 Å². The Labute approximate surface area is 188 Å². The van der Waals surface area contributed by atoms with Crippen LogP contribution in [0.5, 0.6) is 0 Å². The lowest BCUT2D eigenvalue weighted by Gasteiger charge is -2.39. The number of anilines is 1. The summed E-state index contributed by atoms with van der Waals surface area (Å²) in [5.41, 5.74) is 10.4. The fraction of sp³-hybridized carbons (Fsp3) is 0.579. The first kappa shape index (κ1) is 25.6. The van der Waals surface area contributed by atoms with E-state index >= 15 is 0 Å². The number of pyridine rings is 1. The molecule has 3 rings (SSSR count). The van der Waals surface area contributed by atoms with Crippen molar-refractivity contribution in [1.29, 1.82) is 0 Å². The molecule has 0 aliphatic carbocycles. The topological polar surface area (TPSA) is 170 Å². The number of carbonyl (C=O) groups excluding carboxylic acids is 2. The minimum absolute atomic E-state index is 0.212. The maximum Gasteiger partial charge on any atom is 0.437 e. The molecule has 0 spiro atoms. The maximum absolute atomic E-state index is 14.9. The molecule has 1 aromatic heterocycles. The zero-order valence-electron chi connectivity index (χ0n) is 17.8. The van der Waals surface area contributed by atoms with Crippen molar-refractivity contribution in [2.24, 2.45) is 33.4 Å². The summed E-state index contributed by atoms with van der Waals surface area (Å²) in [5.74, 6) is 0.470. The normalized spacial score (nSPS) is 18.9. The third-order valence-electron chi connectivity index (χ3n) is 5.78. The van der Waals surface area contributed by atoms with Crippen molar-refractivity contribution in [3.05, 3.63) is 23.6 Å². The van der Waals surface area contributed by atoms with E-state index in [2.05, 4.69) is 9.98 Å². The molecule has 11 nitrogen and oxygen atoms in total. The van der Waals surface area contributed by atoms with E-state index in [4.69, 9.17) is 26.1 Å². The van der Waals surface area contributed by atoms with E-state index in [-0.39, 0.29) is 18.0 Å². The Morgan fingerprint density at radius 3 is 2.28 bits per heavy atom. The molecule has 1 unspecified atom stereocenters. The lowest BCUT2D eigenvalue weighted by atomic mass is 9.79. The molecule has 0 bridgehead atoms. The molecular formula is C19H30FN7O4S. The summed E-state index contributed by atoms with van der Waals surface area (Å²) in [6, 6.07) is 1.46. The summed E-state index contributed by atoms with van der Waals surface area (Å²) in [4.78, 5) is 28.8. The van der Waals surface area contributed by atoms with Gasteiger partial charge in [0, 0.05) is 37.9 Å². The van der Waals surface area contributed by atoms with Gasteiger partial charge >= 0.3 is 6.09 Å². The van der Waals surface area contributed by atoms with Crippen LogP contribution >= 0.6 is 0 Å². The number of halogens is 1. The molecule has 13 heteroatoms. The quantitative estimate of drug-likeness (QED) is 0.409. The van der Waals surface area contributed by atoms with Crippen LogP contribution in [0.4, 0.5) is 15.0 Å². The Morgan fingerprint density at radius 2 is 1.75 bits per heavy atom. The van der Waals surface area contributed by atoms with Crippen LogP contribution in [0, 0.1) is 17.7 Å². The summed E-state index contributed by atoms with van der Waals surface area (Å²) in [6.07, 6.45) is 4.38. The molecule has 0 saturated carbocycles. The predicted octanol–water partition coefficient (Wildman–Crippen LogP) is 0.412. The minimum atomic E-state index is -1.39. The first-order chi connectivity index (χ1) is 15.3. The van der Waals surface area contributed by atoms with E-state index in [0.717, 1.165) is 38.8 Å². The van der Waals surface area contributed by atoms with Crippen LogP contribution in [0.3, 0.4) is 0 Å². The van der Waals surface area contributed by atoms with Crippen LogP contribution in [0.1, 0.15) is 31.2 Å². The van der Waals surface area contributed by atoms with Gasteiger partial charge in [0.2, 0.25) is 0 Å². The number of amides is 1. The number of hydrogen-bond acceptors (Lipinski definition) is 6.